The number of aromatic nitrogens is 2. The molecule has 1 aliphatic heterocycles. The largest absolute Gasteiger partial charge is 0.494 e. The second-order valence-electron chi connectivity index (χ2n) is 6.94. The van der Waals surface area contributed by atoms with Gasteiger partial charge in [0, 0.05) is 32.0 Å². The number of carbonyl (C=O) groups is 2. The van der Waals surface area contributed by atoms with Crippen LogP contribution in [0, 0.1) is 6.92 Å². The van der Waals surface area contributed by atoms with Crippen LogP contribution < -0.4 is 15.0 Å². The molecule has 0 radical (unpaired) electrons. The normalized spacial score (nSPS) is 13.4. The molecule has 1 aromatic heterocycles. The van der Waals surface area contributed by atoms with E-state index < -0.39 is 0 Å². The standard InChI is InChI=1S/C21H28N4O3/c1-3-28-18-8-6-17(7-9-18)10-12-22-19(26)5-4-13-24-20-15-16(2)23-25(20)14-11-21(24)27/h6-9,15H,3-5,10-14H2,1-2H3,(H,22,26). The minimum absolute atomic E-state index is 0.0140. The van der Waals surface area contributed by atoms with Gasteiger partial charge in [0.25, 0.3) is 0 Å². The molecule has 0 saturated heterocycles. The van der Waals surface area contributed by atoms with Gasteiger partial charge >= 0.3 is 0 Å². The molecule has 0 fully saturated rings. The molecule has 150 valence electrons. The summed E-state index contributed by atoms with van der Waals surface area (Å²) in [5.74, 6) is 1.81. The van der Waals surface area contributed by atoms with Gasteiger partial charge in [-0.25, -0.2) is 4.68 Å². The lowest BCUT2D eigenvalue weighted by atomic mass is 10.1. The summed E-state index contributed by atoms with van der Waals surface area (Å²) >= 11 is 0. The van der Waals surface area contributed by atoms with Crippen molar-refractivity contribution in [2.24, 2.45) is 0 Å². The smallest absolute Gasteiger partial charge is 0.229 e. The van der Waals surface area contributed by atoms with Crippen LogP contribution in [0.2, 0.25) is 0 Å². The fourth-order valence-electron chi connectivity index (χ4n) is 3.37. The van der Waals surface area contributed by atoms with Gasteiger partial charge in [-0.1, -0.05) is 12.1 Å². The number of amides is 2. The Morgan fingerprint density at radius 2 is 2.07 bits per heavy atom. The predicted molar refractivity (Wildman–Crippen MR) is 107 cm³/mol. The number of rotatable bonds is 9. The number of carbonyl (C=O) groups excluding carboxylic acids is 2. The summed E-state index contributed by atoms with van der Waals surface area (Å²) in [6.07, 6.45) is 2.27. The SMILES string of the molecule is CCOc1ccc(CCNC(=O)CCCN2C(=O)CCn3nc(C)cc32)cc1. The summed E-state index contributed by atoms with van der Waals surface area (Å²) in [6.45, 7) is 6.30. The first-order chi connectivity index (χ1) is 13.6. The van der Waals surface area contributed by atoms with E-state index in [0.29, 0.717) is 45.5 Å². The molecule has 0 bridgehead atoms. The van der Waals surface area contributed by atoms with E-state index in [4.69, 9.17) is 4.74 Å². The van der Waals surface area contributed by atoms with E-state index in [1.807, 2.05) is 48.9 Å². The average molecular weight is 384 g/mol. The van der Waals surface area contributed by atoms with Crippen LogP contribution in [0.5, 0.6) is 5.75 Å². The molecule has 0 atom stereocenters. The molecule has 1 N–H and O–H groups in total. The van der Waals surface area contributed by atoms with Crippen LogP contribution in [0.25, 0.3) is 0 Å². The first-order valence-electron chi connectivity index (χ1n) is 9.90. The van der Waals surface area contributed by atoms with Crippen molar-refractivity contribution < 1.29 is 14.3 Å². The van der Waals surface area contributed by atoms with E-state index in [2.05, 4.69) is 10.4 Å². The summed E-state index contributed by atoms with van der Waals surface area (Å²) < 4.78 is 7.29. The van der Waals surface area contributed by atoms with E-state index in [1.54, 1.807) is 4.90 Å². The maximum atomic E-state index is 12.2. The van der Waals surface area contributed by atoms with Gasteiger partial charge in [-0.2, -0.15) is 5.10 Å². The Balaban J connectivity index is 1.38. The molecular weight excluding hydrogens is 356 g/mol. The van der Waals surface area contributed by atoms with Crippen molar-refractivity contribution in [3.8, 4) is 5.75 Å². The summed E-state index contributed by atoms with van der Waals surface area (Å²) in [5.41, 5.74) is 2.06. The zero-order valence-corrected chi connectivity index (χ0v) is 16.6. The van der Waals surface area contributed by atoms with Gasteiger partial charge in [0.1, 0.15) is 11.6 Å². The molecule has 2 amide bonds. The number of aryl methyl sites for hydroxylation is 2. The Labute approximate surface area is 165 Å². The van der Waals surface area contributed by atoms with Crippen molar-refractivity contribution in [2.45, 2.75) is 46.1 Å². The van der Waals surface area contributed by atoms with E-state index in [9.17, 15) is 9.59 Å². The molecule has 7 nitrogen and oxygen atoms in total. The third kappa shape index (κ3) is 5.12. The summed E-state index contributed by atoms with van der Waals surface area (Å²) in [7, 11) is 0. The summed E-state index contributed by atoms with van der Waals surface area (Å²) in [4.78, 5) is 26.1. The van der Waals surface area contributed by atoms with E-state index in [1.165, 1.54) is 0 Å². The molecule has 2 heterocycles. The van der Waals surface area contributed by atoms with Crippen molar-refractivity contribution in [1.29, 1.82) is 0 Å². The molecule has 0 spiro atoms. The Bertz CT molecular complexity index is 814. The number of nitrogens with one attached hydrogen (secondary N) is 1. The number of anilines is 1. The second-order valence-corrected chi connectivity index (χ2v) is 6.94. The number of ether oxygens (including phenoxy) is 1. The monoisotopic (exact) mass is 384 g/mol. The Morgan fingerprint density at radius 3 is 2.82 bits per heavy atom. The average Bonchev–Trinajstić information content (AvgIpc) is 3.06. The number of hydrogen-bond acceptors (Lipinski definition) is 4. The molecule has 3 rings (SSSR count). The highest BCUT2D eigenvalue weighted by Gasteiger charge is 2.25. The molecule has 1 aromatic carbocycles. The van der Waals surface area contributed by atoms with Crippen LogP contribution in [0.15, 0.2) is 30.3 Å². The summed E-state index contributed by atoms with van der Waals surface area (Å²) in [5, 5.41) is 7.35. The first-order valence-corrected chi connectivity index (χ1v) is 9.90. The van der Waals surface area contributed by atoms with Gasteiger partial charge in [-0.15, -0.1) is 0 Å². The van der Waals surface area contributed by atoms with Crippen molar-refractivity contribution in [3.63, 3.8) is 0 Å². The molecule has 7 heteroatoms. The van der Waals surface area contributed by atoms with Crippen molar-refractivity contribution in [3.05, 3.63) is 41.6 Å². The Kier molecular flexibility index (Phi) is 6.68. The maximum absolute atomic E-state index is 12.2. The summed E-state index contributed by atoms with van der Waals surface area (Å²) in [6, 6.07) is 9.86. The number of nitrogens with zero attached hydrogens (tertiary/aromatic N) is 3. The van der Waals surface area contributed by atoms with E-state index in [-0.39, 0.29) is 11.8 Å². The quantitative estimate of drug-likeness (QED) is 0.721. The van der Waals surface area contributed by atoms with Gasteiger partial charge in [0.2, 0.25) is 11.8 Å². The van der Waals surface area contributed by atoms with Crippen molar-refractivity contribution >= 4 is 17.6 Å². The number of fused-ring (bicyclic) bond motifs is 1. The molecule has 0 saturated carbocycles. The fourth-order valence-corrected chi connectivity index (χ4v) is 3.37. The maximum Gasteiger partial charge on any atom is 0.229 e. The van der Waals surface area contributed by atoms with E-state index >= 15 is 0 Å². The first kappa shape index (κ1) is 19.9. The van der Waals surface area contributed by atoms with Gasteiger partial charge in [0.15, 0.2) is 0 Å². The zero-order valence-electron chi connectivity index (χ0n) is 16.6. The van der Waals surface area contributed by atoms with Gasteiger partial charge < -0.3 is 10.1 Å². The van der Waals surface area contributed by atoms with Gasteiger partial charge in [-0.05, 0) is 44.4 Å². The lowest BCUT2D eigenvalue weighted by Gasteiger charge is -2.27. The van der Waals surface area contributed by atoms with E-state index in [0.717, 1.165) is 29.2 Å². The van der Waals surface area contributed by atoms with Crippen molar-refractivity contribution in [2.75, 3.05) is 24.6 Å². The van der Waals surface area contributed by atoms with Gasteiger partial charge in [-0.3, -0.25) is 14.5 Å². The lowest BCUT2D eigenvalue weighted by Crippen LogP contribution is -2.38. The van der Waals surface area contributed by atoms with Crippen LogP contribution in [0.1, 0.15) is 37.4 Å². The van der Waals surface area contributed by atoms with Crippen molar-refractivity contribution in [1.82, 2.24) is 15.1 Å². The number of hydrogen-bond donors (Lipinski definition) is 1. The second kappa shape index (κ2) is 9.39. The third-order valence-electron chi connectivity index (χ3n) is 4.75. The molecule has 0 aliphatic carbocycles. The van der Waals surface area contributed by atoms with Crippen LogP contribution >= 0.6 is 0 Å². The third-order valence-corrected chi connectivity index (χ3v) is 4.75. The fraction of sp³-hybridized carbons (Fsp3) is 0.476. The Morgan fingerprint density at radius 1 is 1.29 bits per heavy atom. The van der Waals surface area contributed by atoms with Crippen LogP contribution in [-0.4, -0.2) is 41.3 Å². The van der Waals surface area contributed by atoms with Crippen LogP contribution in [-0.2, 0) is 22.6 Å². The minimum atomic E-state index is 0.0140. The topological polar surface area (TPSA) is 76.5 Å². The molecule has 28 heavy (non-hydrogen) atoms. The van der Waals surface area contributed by atoms with Crippen LogP contribution in [0.4, 0.5) is 5.82 Å². The molecule has 2 aromatic rings. The Hall–Kier alpha value is -2.83. The zero-order chi connectivity index (χ0) is 19.9. The number of benzene rings is 1. The lowest BCUT2D eigenvalue weighted by molar-refractivity contribution is -0.122. The van der Waals surface area contributed by atoms with Crippen LogP contribution in [0.3, 0.4) is 0 Å². The van der Waals surface area contributed by atoms with Gasteiger partial charge in [0.05, 0.1) is 18.8 Å². The predicted octanol–water partition coefficient (Wildman–Crippen LogP) is 2.47. The minimum Gasteiger partial charge on any atom is -0.494 e. The molecule has 0 unspecified atom stereocenters. The molecular formula is C21H28N4O3. The molecule has 1 aliphatic rings. The highest BCUT2D eigenvalue weighted by atomic mass is 16.5. The highest BCUT2D eigenvalue weighted by molar-refractivity contribution is 5.93. The highest BCUT2D eigenvalue weighted by Crippen LogP contribution is 2.22.